The van der Waals surface area contributed by atoms with E-state index in [-0.39, 0.29) is 0 Å². The van der Waals surface area contributed by atoms with Gasteiger partial charge in [-0.15, -0.1) is 0 Å². The van der Waals surface area contributed by atoms with Crippen LogP contribution in [-0.2, 0) is 13.5 Å². The number of hydrazine groups is 1. The van der Waals surface area contributed by atoms with Crippen molar-refractivity contribution in [3.8, 4) is 0 Å². The Morgan fingerprint density at radius 1 is 1.35 bits per heavy atom. The Hall–Kier alpha value is -0.870. The molecular weight excluding hydrogens is 212 g/mol. The standard InChI is InChI=1S/C13H24N4/c1-11-5-4-6-12(2)17(11)15-10-8-13-7-9-14-16(13)3/h7,9,11-12,15H,4-6,8,10H2,1-3H3. The van der Waals surface area contributed by atoms with Gasteiger partial charge in [-0.05, 0) is 32.8 Å². The molecule has 2 atom stereocenters. The number of nitrogens with zero attached hydrogens (tertiary/aromatic N) is 3. The van der Waals surface area contributed by atoms with E-state index < -0.39 is 0 Å². The van der Waals surface area contributed by atoms with E-state index >= 15 is 0 Å². The zero-order valence-corrected chi connectivity index (χ0v) is 11.2. The summed E-state index contributed by atoms with van der Waals surface area (Å²) in [6.45, 7) is 5.62. The first kappa shape index (κ1) is 12.6. The van der Waals surface area contributed by atoms with Gasteiger partial charge in [0.1, 0.15) is 0 Å². The number of hydrogen-bond donors (Lipinski definition) is 1. The first-order valence-corrected chi connectivity index (χ1v) is 6.67. The Balaban J connectivity index is 1.79. The largest absolute Gasteiger partial charge is 0.273 e. The van der Waals surface area contributed by atoms with Crippen LogP contribution in [0.1, 0.15) is 38.8 Å². The molecule has 17 heavy (non-hydrogen) atoms. The molecule has 2 heterocycles. The summed E-state index contributed by atoms with van der Waals surface area (Å²) >= 11 is 0. The third-order valence-corrected chi connectivity index (χ3v) is 3.79. The number of piperidine rings is 1. The van der Waals surface area contributed by atoms with E-state index in [1.807, 2.05) is 17.9 Å². The summed E-state index contributed by atoms with van der Waals surface area (Å²) in [5.74, 6) is 0. The van der Waals surface area contributed by atoms with Crippen LogP contribution in [0, 0.1) is 0 Å². The fraction of sp³-hybridized carbons (Fsp3) is 0.769. The molecule has 0 bridgehead atoms. The molecule has 0 spiro atoms. The first-order valence-electron chi connectivity index (χ1n) is 6.67. The highest BCUT2D eigenvalue weighted by atomic mass is 15.5. The van der Waals surface area contributed by atoms with Crippen molar-refractivity contribution in [1.82, 2.24) is 20.2 Å². The van der Waals surface area contributed by atoms with Crippen LogP contribution < -0.4 is 5.43 Å². The minimum absolute atomic E-state index is 0.658. The monoisotopic (exact) mass is 236 g/mol. The fourth-order valence-electron chi connectivity index (χ4n) is 2.69. The van der Waals surface area contributed by atoms with Gasteiger partial charge in [0.05, 0.1) is 0 Å². The maximum atomic E-state index is 4.19. The summed E-state index contributed by atoms with van der Waals surface area (Å²) in [5.41, 5.74) is 4.87. The SMILES string of the molecule is CC1CCCC(C)N1NCCc1ccnn1C. The number of aromatic nitrogens is 2. The van der Waals surface area contributed by atoms with Crippen LogP contribution in [0.25, 0.3) is 0 Å². The predicted octanol–water partition coefficient (Wildman–Crippen LogP) is 1.73. The normalized spacial score (nSPS) is 26.3. The molecule has 2 unspecified atom stereocenters. The molecule has 1 N–H and O–H groups in total. The van der Waals surface area contributed by atoms with Crippen molar-refractivity contribution in [3.05, 3.63) is 18.0 Å². The summed E-state index contributed by atoms with van der Waals surface area (Å²) in [6.07, 6.45) is 6.88. The molecule has 1 aromatic heterocycles. The number of nitrogens with one attached hydrogen (secondary N) is 1. The molecule has 1 saturated heterocycles. The van der Waals surface area contributed by atoms with E-state index in [2.05, 4.69) is 35.4 Å². The molecule has 0 saturated carbocycles. The average molecular weight is 236 g/mol. The fourth-order valence-corrected chi connectivity index (χ4v) is 2.69. The van der Waals surface area contributed by atoms with Crippen LogP contribution in [0.2, 0.25) is 0 Å². The van der Waals surface area contributed by atoms with Gasteiger partial charge >= 0.3 is 0 Å². The Morgan fingerprint density at radius 2 is 2.06 bits per heavy atom. The Labute approximate surface area is 104 Å². The van der Waals surface area contributed by atoms with Gasteiger partial charge in [-0.3, -0.25) is 10.1 Å². The zero-order valence-electron chi connectivity index (χ0n) is 11.2. The summed E-state index contributed by atoms with van der Waals surface area (Å²) in [5, 5.41) is 6.62. The second-order valence-corrected chi connectivity index (χ2v) is 5.14. The maximum absolute atomic E-state index is 4.19. The van der Waals surface area contributed by atoms with E-state index in [1.54, 1.807) is 0 Å². The van der Waals surface area contributed by atoms with Gasteiger partial charge in [0.2, 0.25) is 0 Å². The Morgan fingerprint density at radius 3 is 2.65 bits per heavy atom. The molecule has 1 aliphatic heterocycles. The average Bonchev–Trinajstić information content (AvgIpc) is 2.69. The smallest absolute Gasteiger partial charge is 0.0492 e. The van der Waals surface area contributed by atoms with Gasteiger partial charge in [0, 0.05) is 44.0 Å². The maximum Gasteiger partial charge on any atom is 0.0492 e. The Bertz CT molecular complexity index is 337. The molecular formula is C13H24N4. The summed E-state index contributed by atoms with van der Waals surface area (Å²) in [4.78, 5) is 0. The van der Waals surface area contributed by atoms with Crippen LogP contribution in [0.5, 0.6) is 0 Å². The summed E-state index contributed by atoms with van der Waals surface area (Å²) < 4.78 is 1.95. The van der Waals surface area contributed by atoms with Crippen molar-refractivity contribution in [1.29, 1.82) is 0 Å². The molecule has 0 radical (unpaired) electrons. The molecule has 2 rings (SSSR count). The van der Waals surface area contributed by atoms with E-state index in [0.717, 1.165) is 13.0 Å². The van der Waals surface area contributed by atoms with Gasteiger partial charge in [0.25, 0.3) is 0 Å². The minimum Gasteiger partial charge on any atom is -0.273 e. The van der Waals surface area contributed by atoms with E-state index in [0.29, 0.717) is 12.1 Å². The minimum atomic E-state index is 0.658. The van der Waals surface area contributed by atoms with Gasteiger partial charge < -0.3 is 0 Å². The van der Waals surface area contributed by atoms with Gasteiger partial charge in [-0.1, -0.05) is 6.42 Å². The highest BCUT2D eigenvalue weighted by Gasteiger charge is 2.23. The lowest BCUT2D eigenvalue weighted by Crippen LogP contribution is -2.52. The lowest BCUT2D eigenvalue weighted by molar-refractivity contribution is 0.0469. The van der Waals surface area contributed by atoms with Gasteiger partial charge in [-0.2, -0.15) is 5.10 Å². The first-order chi connectivity index (χ1) is 8.18. The quantitative estimate of drug-likeness (QED) is 0.864. The van der Waals surface area contributed by atoms with Crippen molar-refractivity contribution in [2.24, 2.45) is 7.05 Å². The summed E-state index contributed by atoms with van der Waals surface area (Å²) in [7, 11) is 2.00. The second kappa shape index (κ2) is 5.65. The van der Waals surface area contributed by atoms with E-state index in [4.69, 9.17) is 0 Å². The molecule has 1 aromatic rings. The second-order valence-electron chi connectivity index (χ2n) is 5.14. The molecule has 1 fully saturated rings. The van der Waals surface area contributed by atoms with Crippen LogP contribution in [0.3, 0.4) is 0 Å². The molecule has 96 valence electrons. The van der Waals surface area contributed by atoms with Gasteiger partial charge in [0.15, 0.2) is 0 Å². The van der Waals surface area contributed by atoms with E-state index in [9.17, 15) is 0 Å². The highest BCUT2D eigenvalue weighted by Crippen LogP contribution is 2.19. The molecule has 4 heteroatoms. The number of aryl methyl sites for hydroxylation is 1. The van der Waals surface area contributed by atoms with Crippen molar-refractivity contribution in [2.75, 3.05) is 6.54 Å². The van der Waals surface area contributed by atoms with Crippen molar-refractivity contribution < 1.29 is 0 Å². The van der Waals surface area contributed by atoms with Crippen LogP contribution in [-0.4, -0.2) is 33.4 Å². The third kappa shape index (κ3) is 3.07. The molecule has 1 aliphatic rings. The number of hydrogen-bond acceptors (Lipinski definition) is 3. The number of rotatable bonds is 4. The predicted molar refractivity (Wildman–Crippen MR) is 69.5 cm³/mol. The molecule has 0 aromatic carbocycles. The molecule has 0 amide bonds. The van der Waals surface area contributed by atoms with E-state index in [1.165, 1.54) is 25.0 Å². The van der Waals surface area contributed by atoms with Crippen LogP contribution in [0.4, 0.5) is 0 Å². The summed E-state index contributed by atoms with van der Waals surface area (Å²) in [6, 6.07) is 3.40. The third-order valence-electron chi connectivity index (χ3n) is 3.79. The van der Waals surface area contributed by atoms with Crippen molar-refractivity contribution in [2.45, 2.75) is 51.6 Å². The lowest BCUT2D eigenvalue weighted by atomic mass is 10.00. The van der Waals surface area contributed by atoms with Crippen LogP contribution >= 0.6 is 0 Å². The van der Waals surface area contributed by atoms with Crippen molar-refractivity contribution >= 4 is 0 Å². The highest BCUT2D eigenvalue weighted by molar-refractivity contribution is 5.00. The molecule has 0 aliphatic carbocycles. The zero-order chi connectivity index (χ0) is 12.3. The Kier molecular flexibility index (Phi) is 4.18. The molecule has 4 nitrogen and oxygen atoms in total. The van der Waals surface area contributed by atoms with Crippen LogP contribution in [0.15, 0.2) is 12.3 Å². The lowest BCUT2D eigenvalue weighted by Gasteiger charge is -2.39. The van der Waals surface area contributed by atoms with Crippen molar-refractivity contribution in [3.63, 3.8) is 0 Å². The topological polar surface area (TPSA) is 33.1 Å². The van der Waals surface area contributed by atoms with Gasteiger partial charge in [-0.25, -0.2) is 5.01 Å².